The maximum absolute atomic E-state index is 12.3. The molecule has 1 aromatic carbocycles. The van der Waals surface area contributed by atoms with Crippen LogP contribution in [0.2, 0.25) is 0 Å². The third kappa shape index (κ3) is 2.77. The lowest BCUT2D eigenvalue weighted by atomic mass is 9.93. The molecule has 5 nitrogen and oxygen atoms in total. The summed E-state index contributed by atoms with van der Waals surface area (Å²) >= 11 is 0. The highest BCUT2D eigenvalue weighted by Crippen LogP contribution is 2.36. The van der Waals surface area contributed by atoms with Crippen LogP contribution in [-0.2, 0) is 19.3 Å². The summed E-state index contributed by atoms with van der Waals surface area (Å²) in [6.07, 6.45) is -0.403. The zero-order valence-electron chi connectivity index (χ0n) is 13.4. The van der Waals surface area contributed by atoms with Crippen LogP contribution in [0.25, 0.3) is 16.9 Å². The second-order valence-electron chi connectivity index (χ2n) is 5.84. The van der Waals surface area contributed by atoms with Crippen molar-refractivity contribution in [3.63, 3.8) is 0 Å². The van der Waals surface area contributed by atoms with Crippen LogP contribution < -0.4 is 4.74 Å². The van der Waals surface area contributed by atoms with E-state index in [1.807, 2.05) is 6.92 Å². The first kappa shape index (κ1) is 15.7. The Bertz CT molecular complexity index is 909. The Hall–Kier alpha value is -2.77. The number of hydrogen-bond acceptors (Lipinski definition) is 3. The number of nitrogens with one attached hydrogen (secondary N) is 1. The summed E-state index contributed by atoms with van der Waals surface area (Å²) in [5.41, 5.74) is 5.85. The average Bonchev–Trinajstić information content (AvgIpc) is 3.17. The number of benzene rings is 1. The fraction of sp³-hybridized carbons (Fsp3) is 0.294. The second-order valence-corrected chi connectivity index (χ2v) is 5.84. The Kier molecular flexibility index (Phi) is 3.55. The van der Waals surface area contributed by atoms with Crippen LogP contribution in [0.5, 0.6) is 5.75 Å². The number of nitrogens with zero attached hydrogens (tertiary/aromatic N) is 3. The lowest BCUT2D eigenvalue weighted by molar-refractivity contribution is -0.274. The van der Waals surface area contributed by atoms with E-state index in [9.17, 15) is 13.2 Å². The maximum Gasteiger partial charge on any atom is 0.573 e. The zero-order chi connectivity index (χ0) is 17.6. The van der Waals surface area contributed by atoms with Crippen molar-refractivity contribution in [1.29, 1.82) is 0 Å². The van der Waals surface area contributed by atoms with Crippen molar-refractivity contribution in [3.8, 4) is 22.7 Å². The summed E-state index contributed by atoms with van der Waals surface area (Å²) in [5, 5.41) is 11.8. The third-order valence-corrected chi connectivity index (χ3v) is 4.31. The Morgan fingerprint density at radius 1 is 1.20 bits per heavy atom. The summed E-state index contributed by atoms with van der Waals surface area (Å²) < 4.78 is 42.7. The van der Waals surface area contributed by atoms with E-state index in [4.69, 9.17) is 0 Å². The van der Waals surface area contributed by atoms with Gasteiger partial charge in [0.25, 0.3) is 0 Å². The van der Waals surface area contributed by atoms with Gasteiger partial charge in [-0.25, -0.2) is 4.68 Å². The van der Waals surface area contributed by atoms with Gasteiger partial charge in [0.15, 0.2) is 0 Å². The van der Waals surface area contributed by atoms with Gasteiger partial charge in [-0.2, -0.15) is 10.2 Å². The van der Waals surface area contributed by atoms with Crippen molar-refractivity contribution >= 4 is 0 Å². The monoisotopic (exact) mass is 348 g/mol. The summed E-state index contributed by atoms with van der Waals surface area (Å²) in [6.45, 7) is 2.04. The molecule has 0 amide bonds. The van der Waals surface area contributed by atoms with E-state index < -0.39 is 6.36 Å². The van der Waals surface area contributed by atoms with E-state index in [2.05, 4.69) is 20.0 Å². The summed E-state index contributed by atoms with van der Waals surface area (Å²) in [6, 6.07) is 5.73. The lowest BCUT2D eigenvalue weighted by Crippen LogP contribution is -2.17. The van der Waals surface area contributed by atoms with E-state index in [1.54, 1.807) is 23.0 Å². The Balaban J connectivity index is 1.78. The molecule has 2 heterocycles. The molecule has 0 saturated heterocycles. The highest BCUT2D eigenvalue weighted by atomic mass is 19.4. The summed E-state index contributed by atoms with van der Waals surface area (Å²) in [7, 11) is 0. The fourth-order valence-corrected chi connectivity index (χ4v) is 3.25. The van der Waals surface area contributed by atoms with Crippen molar-refractivity contribution < 1.29 is 17.9 Å². The topological polar surface area (TPSA) is 55.7 Å². The number of alkyl halides is 3. The molecule has 4 rings (SSSR count). The Morgan fingerprint density at radius 2 is 1.96 bits per heavy atom. The first-order valence-corrected chi connectivity index (χ1v) is 7.96. The molecule has 1 aliphatic rings. The largest absolute Gasteiger partial charge is 0.573 e. The fourth-order valence-electron chi connectivity index (χ4n) is 3.25. The number of rotatable bonds is 3. The zero-order valence-corrected chi connectivity index (χ0v) is 13.4. The van der Waals surface area contributed by atoms with Crippen LogP contribution >= 0.6 is 0 Å². The van der Waals surface area contributed by atoms with Gasteiger partial charge >= 0.3 is 6.36 Å². The standard InChI is InChI=1S/C17H15F3N4O/c1-2-14-12-7-8-15-13(9-21-22-15)16(12)24(23-14)10-3-5-11(6-4-10)25-17(18,19)20/h3-6,9H,2,7-8H2,1H3,(H,21,22). The van der Waals surface area contributed by atoms with Gasteiger partial charge in [0.05, 0.1) is 23.3 Å². The average molecular weight is 348 g/mol. The second kappa shape index (κ2) is 5.65. The number of aromatic amines is 1. The highest BCUT2D eigenvalue weighted by Gasteiger charge is 2.31. The molecule has 8 heteroatoms. The van der Waals surface area contributed by atoms with Gasteiger partial charge in [-0.05, 0) is 43.5 Å². The van der Waals surface area contributed by atoms with Gasteiger partial charge in [0, 0.05) is 16.8 Å². The van der Waals surface area contributed by atoms with Gasteiger partial charge in [-0.1, -0.05) is 6.92 Å². The van der Waals surface area contributed by atoms with Crippen LogP contribution in [0.15, 0.2) is 30.5 Å². The third-order valence-electron chi connectivity index (χ3n) is 4.31. The molecule has 0 spiro atoms. The van der Waals surface area contributed by atoms with E-state index in [0.717, 1.165) is 41.9 Å². The number of H-pyrrole nitrogens is 1. The number of halogens is 3. The SMILES string of the molecule is CCc1nn(-c2ccc(OC(F)(F)F)cc2)c2c1CCc1[nH]ncc1-2. The minimum Gasteiger partial charge on any atom is -0.406 e. The number of ether oxygens (including phenoxy) is 1. The van der Waals surface area contributed by atoms with Crippen molar-refractivity contribution in [1.82, 2.24) is 20.0 Å². The molecule has 3 aromatic rings. The number of hydrogen-bond donors (Lipinski definition) is 1. The molecule has 25 heavy (non-hydrogen) atoms. The molecule has 0 fully saturated rings. The van der Waals surface area contributed by atoms with Crippen molar-refractivity contribution in [2.75, 3.05) is 0 Å². The Labute approximate surface area is 141 Å². The van der Waals surface area contributed by atoms with Gasteiger partial charge in [0.1, 0.15) is 5.75 Å². The number of aryl methyl sites for hydroxylation is 2. The minimum atomic E-state index is -4.70. The molecular weight excluding hydrogens is 333 g/mol. The highest BCUT2D eigenvalue weighted by molar-refractivity contribution is 5.71. The van der Waals surface area contributed by atoms with E-state index in [-0.39, 0.29) is 5.75 Å². The minimum absolute atomic E-state index is 0.253. The normalized spacial score (nSPS) is 13.4. The van der Waals surface area contributed by atoms with Crippen molar-refractivity contribution in [2.24, 2.45) is 0 Å². The van der Waals surface area contributed by atoms with Crippen LogP contribution in [0.3, 0.4) is 0 Å². The van der Waals surface area contributed by atoms with Gasteiger partial charge in [-0.3, -0.25) is 5.10 Å². The molecule has 130 valence electrons. The van der Waals surface area contributed by atoms with E-state index in [0.29, 0.717) is 5.69 Å². The molecule has 0 bridgehead atoms. The molecular formula is C17H15F3N4O. The van der Waals surface area contributed by atoms with Crippen molar-refractivity contribution in [2.45, 2.75) is 32.5 Å². The number of aromatic nitrogens is 4. The Morgan fingerprint density at radius 3 is 2.64 bits per heavy atom. The van der Waals surface area contributed by atoms with E-state index in [1.165, 1.54) is 17.7 Å². The predicted molar refractivity (Wildman–Crippen MR) is 84.6 cm³/mol. The van der Waals surface area contributed by atoms with E-state index >= 15 is 0 Å². The molecule has 1 N–H and O–H groups in total. The van der Waals surface area contributed by atoms with Gasteiger partial charge in [-0.15, -0.1) is 13.2 Å². The molecule has 0 saturated carbocycles. The predicted octanol–water partition coefficient (Wildman–Crippen LogP) is 3.82. The smallest absolute Gasteiger partial charge is 0.406 e. The summed E-state index contributed by atoms with van der Waals surface area (Å²) in [5.74, 6) is -0.253. The number of fused-ring (bicyclic) bond motifs is 3. The lowest BCUT2D eigenvalue weighted by Gasteiger charge is -2.15. The van der Waals surface area contributed by atoms with Crippen LogP contribution in [0.4, 0.5) is 13.2 Å². The summed E-state index contributed by atoms with van der Waals surface area (Å²) in [4.78, 5) is 0. The van der Waals surface area contributed by atoms with Crippen molar-refractivity contribution in [3.05, 3.63) is 47.4 Å². The van der Waals surface area contributed by atoms with Crippen LogP contribution in [-0.4, -0.2) is 26.3 Å². The molecule has 0 aliphatic heterocycles. The van der Waals surface area contributed by atoms with Crippen LogP contribution in [0.1, 0.15) is 23.9 Å². The molecule has 0 unspecified atom stereocenters. The molecule has 0 radical (unpaired) electrons. The van der Waals surface area contributed by atoms with Crippen LogP contribution in [0, 0.1) is 0 Å². The van der Waals surface area contributed by atoms with Gasteiger partial charge < -0.3 is 4.74 Å². The van der Waals surface area contributed by atoms with Gasteiger partial charge in [0.2, 0.25) is 0 Å². The molecule has 0 atom stereocenters. The first-order chi connectivity index (χ1) is 12.0. The molecule has 1 aliphatic carbocycles. The quantitative estimate of drug-likeness (QED) is 0.783. The first-order valence-electron chi connectivity index (χ1n) is 7.96. The maximum atomic E-state index is 12.3. The molecule has 2 aromatic heterocycles.